The van der Waals surface area contributed by atoms with Crippen molar-refractivity contribution < 1.29 is 9.15 Å². The molecular weight excluding hydrogens is 443 g/mol. The van der Waals surface area contributed by atoms with E-state index in [4.69, 9.17) is 9.15 Å². The molecule has 0 saturated heterocycles. The van der Waals surface area contributed by atoms with Crippen LogP contribution in [0, 0.1) is 0 Å². The van der Waals surface area contributed by atoms with Gasteiger partial charge in [0.05, 0.1) is 19.4 Å². The van der Waals surface area contributed by atoms with Gasteiger partial charge < -0.3 is 19.8 Å². The van der Waals surface area contributed by atoms with Gasteiger partial charge in [-0.15, -0.1) is 24.0 Å². The Morgan fingerprint density at radius 1 is 1.27 bits per heavy atom. The first-order valence-electron chi connectivity index (χ1n) is 8.99. The molecule has 2 heterocycles. The van der Waals surface area contributed by atoms with Crippen LogP contribution in [-0.2, 0) is 13.1 Å². The average Bonchev–Trinajstić information content (AvgIpc) is 3.32. The average molecular weight is 470 g/mol. The minimum atomic E-state index is 0. The zero-order valence-electron chi connectivity index (χ0n) is 15.1. The summed E-state index contributed by atoms with van der Waals surface area (Å²) in [6.45, 7) is 4.01. The second-order valence-electron chi connectivity index (χ2n) is 6.16. The molecular formula is C19H27IN4O2. The second kappa shape index (κ2) is 11.1. The van der Waals surface area contributed by atoms with Gasteiger partial charge in [0.2, 0.25) is 5.88 Å². The van der Waals surface area contributed by atoms with Gasteiger partial charge in [-0.05, 0) is 50.3 Å². The first-order valence-corrected chi connectivity index (χ1v) is 8.99. The van der Waals surface area contributed by atoms with Crippen LogP contribution < -0.4 is 15.4 Å². The van der Waals surface area contributed by atoms with Crippen LogP contribution in [0.2, 0.25) is 0 Å². The summed E-state index contributed by atoms with van der Waals surface area (Å²) in [6, 6.07) is 7.77. The van der Waals surface area contributed by atoms with Gasteiger partial charge in [-0.25, -0.2) is 9.98 Å². The number of rotatable bonds is 7. The Labute approximate surface area is 171 Å². The number of hydrogen-bond donors (Lipinski definition) is 2. The van der Waals surface area contributed by atoms with Crippen molar-refractivity contribution >= 4 is 29.9 Å². The van der Waals surface area contributed by atoms with Crippen molar-refractivity contribution in [2.45, 2.75) is 51.8 Å². The van der Waals surface area contributed by atoms with Crippen LogP contribution in [0.4, 0.5) is 0 Å². The molecule has 0 aromatic carbocycles. The molecule has 2 aromatic heterocycles. The Bertz CT molecular complexity index is 653. The first-order chi connectivity index (χ1) is 12.3. The second-order valence-corrected chi connectivity index (χ2v) is 6.16. The van der Waals surface area contributed by atoms with Gasteiger partial charge in [-0.3, -0.25) is 0 Å². The van der Waals surface area contributed by atoms with E-state index in [0.29, 0.717) is 25.1 Å². The maximum atomic E-state index is 5.89. The van der Waals surface area contributed by atoms with Gasteiger partial charge in [0.1, 0.15) is 11.9 Å². The molecule has 0 bridgehead atoms. The number of pyridine rings is 1. The van der Waals surface area contributed by atoms with Gasteiger partial charge in [0, 0.05) is 18.8 Å². The van der Waals surface area contributed by atoms with Crippen LogP contribution in [0.5, 0.6) is 5.88 Å². The third kappa shape index (κ3) is 6.51. The lowest BCUT2D eigenvalue weighted by atomic mass is 10.3. The SMILES string of the molecule is CCNC(=NCc1ccc(OC2CCCC2)nc1)NCc1ccco1.I. The molecule has 1 fully saturated rings. The van der Waals surface area contributed by atoms with Crippen LogP contribution in [0.25, 0.3) is 0 Å². The molecule has 0 unspecified atom stereocenters. The van der Waals surface area contributed by atoms with E-state index >= 15 is 0 Å². The number of aliphatic imine (C=N–C) groups is 1. The highest BCUT2D eigenvalue weighted by Gasteiger charge is 2.16. The molecule has 142 valence electrons. The van der Waals surface area contributed by atoms with E-state index in [2.05, 4.69) is 20.6 Å². The fourth-order valence-corrected chi connectivity index (χ4v) is 2.85. The number of nitrogens with one attached hydrogen (secondary N) is 2. The lowest BCUT2D eigenvalue weighted by Gasteiger charge is -2.12. The number of furan rings is 1. The first kappa shape index (κ1) is 20.5. The lowest BCUT2D eigenvalue weighted by Crippen LogP contribution is -2.36. The maximum Gasteiger partial charge on any atom is 0.213 e. The summed E-state index contributed by atoms with van der Waals surface area (Å²) in [5.74, 6) is 2.34. The molecule has 0 aliphatic heterocycles. The van der Waals surface area contributed by atoms with Crippen LogP contribution in [-0.4, -0.2) is 23.6 Å². The standard InChI is InChI=1S/C19H26N4O2.HI/c1-2-20-19(23-14-17-8-5-11-24-17)22-13-15-9-10-18(21-12-15)25-16-6-3-4-7-16;/h5,8-12,16H,2-4,6-7,13-14H2,1H3,(H2,20,22,23);1H. The summed E-state index contributed by atoms with van der Waals surface area (Å²) in [7, 11) is 0. The number of hydrogen-bond acceptors (Lipinski definition) is 4. The number of ether oxygens (including phenoxy) is 1. The molecule has 0 spiro atoms. The molecule has 3 rings (SSSR count). The van der Waals surface area contributed by atoms with E-state index in [1.807, 2.05) is 37.4 Å². The van der Waals surface area contributed by atoms with Crippen LogP contribution in [0.3, 0.4) is 0 Å². The summed E-state index contributed by atoms with van der Waals surface area (Å²) in [5, 5.41) is 6.48. The quantitative estimate of drug-likeness (QED) is 0.365. The summed E-state index contributed by atoms with van der Waals surface area (Å²) < 4.78 is 11.2. The van der Waals surface area contributed by atoms with E-state index in [1.165, 1.54) is 12.8 Å². The minimum absolute atomic E-state index is 0. The van der Waals surface area contributed by atoms with Crippen molar-refractivity contribution in [3.63, 3.8) is 0 Å². The highest BCUT2D eigenvalue weighted by atomic mass is 127. The Morgan fingerprint density at radius 2 is 2.12 bits per heavy atom. The highest BCUT2D eigenvalue weighted by molar-refractivity contribution is 14.0. The third-order valence-corrected chi connectivity index (χ3v) is 4.16. The van der Waals surface area contributed by atoms with Crippen molar-refractivity contribution in [2.24, 2.45) is 4.99 Å². The zero-order chi connectivity index (χ0) is 17.3. The van der Waals surface area contributed by atoms with E-state index in [1.54, 1.807) is 6.26 Å². The van der Waals surface area contributed by atoms with Crippen molar-refractivity contribution in [2.75, 3.05) is 6.54 Å². The van der Waals surface area contributed by atoms with Crippen molar-refractivity contribution in [1.29, 1.82) is 0 Å². The topological polar surface area (TPSA) is 71.7 Å². The molecule has 1 aliphatic rings. The number of aromatic nitrogens is 1. The van der Waals surface area contributed by atoms with Crippen molar-refractivity contribution in [3.8, 4) is 5.88 Å². The Morgan fingerprint density at radius 3 is 2.77 bits per heavy atom. The number of halogens is 1. The Hall–Kier alpha value is -1.77. The summed E-state index contributed by atoms with van der Waals surface area (Å²) in [5.41, 5.74) is 1.05. The lowest BCUT2D eigenvalue weighted by molar-refractivity contribution is 0.201. The van der Waals surface area contributed by atoms with Gasteiger partial charge in [0.15, 0.2) is 5.96 Å². The van der Waals surface area contributed by atoms with E-state index in [0.717, 1.165) is 36.7 Å². The van der Waals surface area contributed by atoms with Gasteiger partial charge in [-0.1, -0.05) is 6.07 Å². The molecule has 0 radical (unpaired) electrons. The van der Waals surface area contributed by atoms with Crippen LogP contribution in [0.1, 0.15) is 43.9 Å². The minimum Gasteiger partial charge on any atom is -0.474 e. The largest absolute Gasteiger partial charge is 0.474 e. The van der Waals surface area contributed by atoms with E-state index in [-0.39, 0.29) is 24.0 Å². The van der Waals surface area contributed by atoms with Gasteiger partial charge in [-0.2, -0.15) is 0 Å². The van der Waals surface area contributed by atoms with Crippen molar-refractivity contribution in [3.05, 3.63) is 48.0 Å². The zero-order valence-corrected chi connectivity index (χ0v) is 17.4. The molecule has 1 saturated carbocycles. The maximum absolute atomic E-state index is 5.89. The molecule has 0 amide bonds. The monoisotopic (exact) mass is 470 g/mol. The molecule has 1 aliphatic carbocycles. The Kier molecular flexibility index (Phi) is 8.73. The third-order valence-electron chi connectivity index (χ3n) is 4.16. The normalized spacial score (nSPS) is 14.7. The summed E-state index contributed by atoms with van der Waals surface area (Å²) in [6.07, 6.45) is 8.64. The molecule has 7 heteroatoms. The molecule has 0 atom stereocenters. The van der Waals surface area contributed by atoms with E-state index < -0.39 is 0 Å². The van der Waals surface area contributed by atoms with Crippen LogP contribution >= 0.6 is 24.0 Å². The predicted molar refractivity (Wildman–Crippen MR) is 113 cm³/mol. The fraction of sp³-hybridized carbons (Fsp3) is 0.474. The summed E-state index contributed by atoms with van der Waals surface area (Å²) in [4.78, 5) is 8.99. The summed E-state index contributed by atoms with van der Waals surface area (Å²) >= 11 is 0. The molecule has 6 nitrogen and oxygen atoms in total. The van der Waals surface area contributed by atoms with Gasteiger partial charge in [0.25, 0.3) is 0 Å². The highest BCUT2D eigenvalue weighted by Crippen LogP contribution is 2.22. The smallest absolute Gasteiger partial charge is 0.213 e. The molecule has 26 heavy (non-hydrogen) atoms. The molecule has 2 aromatic rings. The van der Waals surface area contributed by atoms with Crippen molar-refractivity contribution in [1.82, 2.24) is 15.6 Å². The fourth-order valence-electron chi connectivity index (χ4n) is 2.85. The molecule has 2 N–H and O–H groups in total. The van der Waals surface area contributed by atoms with Gasteiger partial charge >= 0.3 is 0 Å². The Balaban J connectivity index is 0.00000243. The number of nitrogens with zero attached hydrogens (tertiary/aromatic N) is 2. The van der Waals surface area contributed by atoms with E-state index in [9.17, 15) is 0 Å². The predicted octanol–water partition coefficient (Wildman–Crippen LogP) is 3.87. The van der Waals surface area contributed by atoms with Crippen LogP contribution in [0.15, 0.2) is 46.1 Å². The number of guanidine groups is 1.